The number of rotatable bonds is 5. The van der Waals surface area contributed by atoms with E-state index >= 15 is 0 Å². The average molecular weight is 455 g/mol. The van der Waals surface area contributed by atoms with Crippen LogP contribution in [0, 0.1) is 6.92 Å². The topological polar surface area (TPSA) is 53.7 Å². The summed E-state index contributed by atoms with van der Waals surface area (Å²) in [5, 5.41) is 10.8. The maximum atomic E-state index is 4.64. The molecule has 0 amide bonds. The maximum Gasteiger partial charge on any atom is 0.191 e. The van der Waals surface area contributed by atoms with Gasteiger partial charge in [-0.3, -0.25) is 0 Å². The number of nitrogens with one attached hydrogen (secondary N) is 2. The minimum Gasteiger partial charge on any atom is -0.357 e. The molecule has 0 aromatic carbocycles. The summed E-state index contributed by atoms with van der Waals surface area (Å²) in [5.41, 5.74) is 4.39. The Morgan fingerprint density at radius 1 is 1.29 bits per heavy atom. The Morgan fingerprint density at radius 3 is 2.88 bits per heavy atom. The van der Waals surface area contributed by atoms with Crippen molar-refractivity contribution < 1.29 is 0 Å². The van der Waals surface area contributed by atoms with Crippen LogP contribution in [-0.2, 0) is 13.1 Å². The van der Waals surface area contributed by atoms with Crippen LogP contribution < -0.4 is 10.6 Å². The van der Waals surface area contributed by atoms with Crippen molar-refractivity contribution in [3.05, 3.63) is 58.2 Å². The second kappa shape index (κ2) is 9.03. The Bertz CT molecular complexity index is 795. The predicted molar refractivity (Wildman–Crippen MR) is 111 cm³/mol. The van der Waals surface area contributed by atoms with Crippen molar-refractivity contribution in [1.29, 1.82) is 0 Å². The molecule has 3 aromatic rings. The molecule has 24 heavy (non-hydrogen) atoms. The fraction of sp³-hybridized carbons (Fsp3) is 0.294. The van der Waals surface area contributed by atoms with E-state index in [1.165, 1.54) is 11.3 Å². The summed E-state index contributed by atoms with van der Waals surface area (Å²) >= 11 is 1.70. The number of pyridine rings is 1. The van der Waals surface area contributed by atoms with Gasteiger partial charge in [0.05, 0.1) is 18.8 Å². The van der Waals surface area contributed by atoms with Gasteiger partial charge < -0.3 is 15.0 Å². The monoisotopic (exact) mass is 455 g/mol. The van der Waals surface area contributed by atoms with Gasteiger partial charge in [0.25, 0.3) is 0 Å². The van der Waals surface area contributed by atoms with E-state index in [4.69, 9.17) is 0 Å². The van der Waals surface area contributed by atoms with Crippen molar-refractivity contribution in [2.75, 3.05) is 6.54 Å². The molecule has 0 bridgehead atoms. The minimum atomic E-state index is 0. The molecule has 3 rings (SSSR count). The molecule has 128 valence electrons. The Balaban J connectivity index is 0.00000208. The van der Waals surface area contributed by atoms with E-state index in [1.54, 1.807) is 11.3 Å². The van der Waals surface area contributed by atoms with E-state index < -0.39 is 0 Å². The molecule has 0 saturated carbocycles. The van der Waals surface area contributed by atoms with Gasteiger partial charge in [-0.1, -0.05) is 6.07 Å². The first-order chi connectivity index (χ1) is 11.3. The number of aryl methyl sites for hydroxylation is 1. The zero-order valence-corrected chi connectivity index (χ0v) is 17.0. The van der Waals surface area contributed by atoms with Crippen LogP contribution >= 0.6 is 35.3 Å². The van der Waals surface area contributed by atoms with E-state index in [0.29, 0.717) is 13.1 Å². The number of guanidine groups is 1. The van der Waals surface area contributed by atoms with E-state index in [0.717, 1.165) is 23.8 Å². The van der Waals surface area contributed by atoms with E-state index in [9.17, 15) is 0 Å². The van der Waals surface area contributed by atoms with Crippen LogP contribution in [0.1, 0.15) is 23.9 Å². The van der Waals surface area contributed by atoms with Crippen molar-refractivity contribution in [3.63, 3.8) is 0 Å². The van der Waals surface area contributed by atoms with Gasteiger partial charge >= 0.3 is 0 Å². The number of hydrogen-bond acceptors (Lipinski definition) is 3. The smallest absolute Gasteiger partial charge is 0.191 e. The summed E-state index contributed by atoms with van der Waals surface area (Å²) < 4.78 is 2.10. The molecule has 7 heteroatoms. The number of aliphatic imine (C=N–C) groups is 1. The molecule has 0 radical (unpaired) electrons. The fourth-order valence-electron chi connectivity index (χ4n) is 2.35. The third-order valence-electron chi connectivity index (χ3n) is 3.53. The number of aromatic nitrogens is 2. The van der Waals surface area contributed by atoms with Gasteiger partial charge in [0.15, 0.2) is 5.96 Å². The number of hydrogen-bond donors (Lipinski definition) is 2. The van der Waals surface area contributed by atoms with Crippen LogP contribution in [0.5, 0.6) is 0 Å². The number of halogens is 1. The van der Waals surface area contributed by atoms with Gasteiger partial charge in [-0.15, -0.1) is 24.0 Å². The molecule has 0 aliphatic carbocycles. The number of imidazole rings is 1. The molecular weight excluding hydrogens is 433 g/mol. The van der Waals surface area contributed by atoms with Crippen LogP contribution in [0.2, 0.25) is 0 Å². The molecule has 5 nitrogen and oxygen atoms in total. The van der Waals surface area contributed by atoms with Crippen LogP contribution in [0.25, 0.3) is 5.65 Å². The van der Waals surface area contributed by atoms with Crippen LogP contribution in [0.4, 0.5) is 0 Å². The lowest BCUT2D eigenvalue weighted by atomic mass is 10.3. The Labute approximate surface area is 163 Å². The molecule has 0 aliphatic heterocycles. The zero-order chi connectivity index (χ0) is 16.1. The highest BCUT2D eigenvalue weighted by Gasteiger charge is 2.04. The van der Waals surface area contributed by atoms with Gasteiger partial charge in [0.1, 0.15) is 5.65 Å². The Morgan fingerprint density at radius 2 is 2.17 bits per heavy atom. The first-order valence-corrected chi connectivity index (χ1v) is 8.67. The lowest BCUT2D eigenvalue weighted by molar-refractivity contribution is 0.804. The summed E-state index contributed by atoms with van der Waals surface area (Å²) in [6.45, 7) is 6.31. The molecule has 0 spiro atoms. The molecular formula is C17H22IN5S. The summed E-state index contributed by atoms with van der Waals surface area (Å²) in [5.74, 6) is 0.812. The average Bonchev–Trinajstić information content (AvgIpc) is 3.20. The highest BCUT2D eigenvalue weighted by Crippen LogP contribution is 2.09. The summed E-state index contributed by atoms with van der Waals surface area (Å²) in [6, 6.07) is 8.23. The SMILES string of the molecule is CCNC(=NCc1ccsc1)NCc1cn2c(C)cccc2n1.I. The minimum absolute atomic E-state index is 0. The van der Waals surface area contributed by atoms with Gasteiger partial charge in [-0.2, -0.15) is 11.3 Å². The largest absolute Gasteiger partial charge is 0.357 e. The van der Waals surface area contributed by atoms with Gasteiger partial charge in [-0.05, 0) is 48.4 Å². The van der Waals surface area contributed by atoms with Crippen molar-refractivity contribution >= 4 is 46.9 Å². The van der Waals surface area contributed by atoms with Crippen molar-refractivity contribution in [2.24, 2.45) is 4.99 Å². The molecule has 0 unspecified atom stereocenters. The zero-order valence-electron chi connectivity index (χ0n) is 13.8. The standard InChI is InChI=1S/C17H21N5S.HI/c1-3-18-17(19-9-14-7-8-23-12-14)20-10-15-11-22-13(2)5-4-6-16(22)21-15;/h4-8,11-12H,3,9-10H2,1-2H3,(H2,18,19,20);1H. The number of fused-ring (bicyclic) bond motifs is 1. The van der Waals surface area contributed by atoms with Crippen molar-refractivity contribution in [2.45, 2.75) is 26.9 Å². The molecule has 0 atom stereocenters. The summed E-state index contributed by atoms with van der Waals surface area (Å²) in [6.07, 6.45) is 2.07. The Hall–Kier alpha value is -1.61. The third kappa shape index (κ3) is 4.70. The van der Waals surface area contributed by atoms with Crippen LogP contribution in [0.15, 0.2) is 46.2 Å². The normalized spacial score (nSPS) is 11.3. The van der Waals surface area contributed by atoms with Crippen LogP contribution in [-0.4, -0.2) is 21.9 Å². The summed E-state index contributed by atoms with van der Waals surface area (Å²) in [4.78, 5) is 9.24. The van der Waals surface area contributed by atoms with E-state index in [1.807, 2.05) is 12.1 Å². The van der Waals surface area contributed by atoms with E-state index in [2.05, 4.69) is 67.9 Å². The fourth-order valence-corrected chi connectivity index (χ4v) is 3.01. The quantitative estimate of drug-likeness (QED) is 0.352. The van der Waals surface area contributed by atoms with Gasteiger partial charge in [0, 0.05) is 18.4 Å². The second-order valence-corrected chi connectivity index (χ2v) is 6.09. The number of thiophene rings is 1. The maximum absolute atomic E-state index is 4.64. The molecule has 3 aromatic heterocycles. The molecule has 0 saturated heterocycles. The molecule has 0 aliphatic rings. The van der Waals surface area contributed by atoms with E-state index in [-0.39, 0.29) is 24.0 Å². The highest BCUT2D eigenvalue weighted by atomic mass is 127. The van der Waals surface area contributed by atoms with Crippen molar-refractivity contribution in [1.82, 2.24) is 20.0 Å². The Kier molecular flexibility index (Phi) is 7.04. The van der Waals surface area contributed by atoms with Crippen molar-refractivity contribution in [3.8, 4) is 0 Å². The first kappa shape index (κ1) is 18.7. The van der Waals surface area contributed by atoms with Gasteiger partial charge in [-0.25, -0.2) is 9.98 Å². The second-order valence-electron chi connectivity index (χ2n) is 5.31. The third-order valence-corrected chi connectivity index (χ3v) is 4.26. The molecule has 3 heterocycles. The highest BCUT2D eigenvalue weighted by molar-refractivity contribution is 14.0. The lowest BCUT2D eigenvalue weighted by Crippen LogP contribution is -2.36. The van der Waals surface area contributed by atoms with Gasteiger partial charge in [0.2, 0.25) is 0 Å². The number of nitrogens with zero attached hydrogens (tertiary/aromatic N) is 3. The molecule has 2 N–H and O–H groups in total. The lowest BCUT2D eigenvalue weighted by Gasteiger charge is -2.09. The van der Waals surface area contributed by atoms with Crippen LogP contribution in [0.3, 0.4) is 0 Å². The first-order valence-electron chi connectivity index (χ1n) is 7.73. The summed E-state index contributed by atoms with van der Waals surface area (Å²) in [7, 11) is 0. The molecule has 0 fully saturated rings. The predicted octanol–water partition coefficient (Wildman–Crippen LogP) is 3.58.